The van der Waals surface area contributed by atoms with Crippen LogP contribution in [0.15, 0.2) is 98.8 Å². The van der Waals surface area contributed by atoms with Crippen LogP contribution in [-0.4, -0.2) is 10.8 Å². The fraction of sp³-hybridized carbons (Fsp3) is 0.161. The fourth-order valence-corrected chi connectivity index (χ4v) is 4.87. The molecule has 1 unspecified atom stereocenters. The Kier molecular flexibility index (Phi) is 5.64. The Morgan fingerprint density at radius 1 is 0.892 bits per heavy atom. The van der Waals surface area contributed by atoms with Crippen LogP contribution < -0.4 is 10.2 Å². The summed E-state index contributed by atoms with van der Waals surface area (Å²) in [6, 6.07) is 24.0. The molecule has 6 nitrogen and oxygen atoms in total. The van der Waals surface area contributed by atoms with Gasteiger partial charge in [-0.25, -0.2) is 0 Å². The minimum atomic E-state index is -0.643. The van der Waals surface area contributed by atoms with Crippen molar-refractivity contribution in [2.75, 3.05) is 0 Å². The molecule has 0 N–H and O–H groups in total. The highest BCUT2D eigenvalue weighted by Crippen LogP contribution is 2.40. The molecule has 0 saturated carbocycles. The number of carbonyl (C=O) groups is 1. The molecule has 6 heteroatoms. The highest BCUT2D eigenvalue weighted by molar-refractivity contribution is 5.99. The number of benzene rings is 3. The van der Waals surface area contributed by atoms with Gasteiger partial charge in [0.1, 0.15) is 23.7 Å². The van der Waals surface area contributed by atoms with Crippen molar-refractivity contribution in [2.24, 2.45) is 0 Å². The van der Waals surface area contributed by atoms with E-state index in [1.165, 1.54) is 0 Å². The number of hydrogen-bond donors (Lipinski definition) is 0. The lowest BCUT2D eigenvalue weighted by atomic mass is 9.97. The van der Waals surface area contributed by atoms with E-state index in [2.05, 4.69) is 0 Å². The minimum Gasteiger partial charge on any atom is -0.489 e. The van der Waals surface area contributed by atoms with E-state index in [0.29, 0.717) is 34.6 Å². The minimum absolute atomic E-state index is 0.0768. The number of rotatable bonds is 6. The molecule has 1 aliphatic heterocycles. The Balaban J connectivity index is 1.46. The highest BCUT2D eigenvalue weighted by Gasteiger charge is 2.43. The summed E-state index contributed by atoms with van der Waals surface area (Å²) in [5.41, 5.74) is 4.35. The molecule has 1 aliphatic rings. The predicted molar refractivity (Wildman–Crippen MR) is 140 cm³/mol. The van der Waals surface area contributed by atoms with Gasteiger partial charge in [0.15, 0.2) is 5.43 Å². The Morgan fingerprint density at radius 2 is 1.70 bits per heavy atom. The van der Waals surface area contributed by atoms with Gasteiger partial charge >= 0.3 is 0 Å². The molecule has 184 valence electrons. The van der Waals surface area contributed by atoms with Crippen LogP contribution in [0.2, 0.25) is 0 Å². The van der Waals surface area contributed by atoms with Gasteiger partial charge in [-0.05, 0) is 72.5 Å². The number of hydrogen-bond acceptors (Lipinski definition) is 5. The van der Waals surface area contributed by atoms with E-state index >= 15 is 0 Å². The number of ether oxygens (including phenoxy) is 1. The Bertz CT molecular complexity index is 1670. The van der Waals surface area contributed by atoms with E-state index in [1.54, 1.807) is 17.2 Å². The normalized spacial score (nSPS) is 14.8. The first-order valence-corrected chi connectivity index (χ1v) is 12.2. The predicted octanol–water partition coefficient (Wildman–Crippen LogP) is 6.33. The zero-order chi connectivity index (χ0) is 25.5. The Labute approximate surface area is 213 Å². The third kappa shape index (κ3) is 4.10. The van der Waals surface area contributed by atoms with Gasteiger partial charge in [-0.1, -0.05) is 42.5 Å². The lowest BCUT2D eigenvalue weighted by Gasteiger charge is -2.24. The van der Waals surface area contributed by atoms with Gasteiger partial charge in [-0.3, -0.25) is 9.59 Å². The van der Waals surface area contributed by atoms with Crippen LogP contribution in [0.25, 0.3) is 11.0 Å². The average molecular weight is 492 g/mol. The van der Waals surface area contributed by atoms with Gasteiger partial charge in [0.05, 0.1) is 29.8 Å². The van der Waals surface area contributed by atoms with Gasteiger partial charge in [-0.2, -0.15) is 0 Å². The van der Waals surface area contributed by atoms with E-state index < -0.39 is 6.04 Å². The highest BCUT2D eigenvalue weighted by atomic mass is 16.5. The average Bonchev–Trinajstić information content (AvgIpc) is 3.52. The van der Waals surface area contributed by atoms with Crippen molar-refractivity contribution in [3.8, 4) is 5.75 Å². The summed E-state index contributed by atoms with van der Waals surface area (Å²) in [6.07, 6.45) is 1.57. The topological polar surface area (TPSA) is 72.9 Å². The molecule has 6 rings (SSSR count). The maximum Gasteiger partial charge on any atom is 0.291 e. The molecule has 3 aromatic carbocycles. The second-order valence-electron chi connectivity index (χ2n) is 9.37. The van der Waals surface area contributed by atoms with Crippen molar-refractivity contribution in [3.63, 3.8) is 0 Å². The van der Waals surface area contributed by atoms with Crippen molar-refractivity contribution in [1.82, 2.24) is 4.90 Å². The summed E-state index contributed by atoms with van der Waals surface area (Å²) < 4.78 is 17.7. The number of aryl methyl sites for hydroxylation is 2. The summed E-state index contributed by atoms with van der Waals surface area (Å²) in [5.74, 6) is 1.00. The standard InChI is InChI=1S/C31H25NO5/c1-19-14-25-26(15-20(19)2)37-30-27(29(25)33)28(32(31(30)34)17-24-12-7-13-35-24)22-10-6-11-23(16-22)36-18-21-8-4-3-5-9-21/h3-16,28H,17-18H2,1-2H3. The monoisotopic (exact) mass is 491 g/mol. The summed E-state index contributed by atoms with van der Waals surface area (Å²) in [5, 5.41) is 0.469. The van der Waals surface area contributed by atoms with Crippen LogP contribution in [0.3, 0.4) is 0 Å². The maximum atomic E-state index is 13.9. The number of furan rings is 1. The number of fused-ring (bicyclic) bond motifs is 2. The molecule has 3 heterocycles. The van der Waals surface area contributed by atoms with Gasteiger partial charge in [0.25, 0.3) is 5.91 Å². The van der Waals surface area contributed by atoms with Crippen LogP contribution in [0.1, 0.15) is 50.2 Å². The largest absolute Gasteiger partial charge is 0.489 e. The molecular formula is C31H25NO5. The third-order valence-electron chi connectivity index (χ3n) is 6.91. The first-order valence-electron chi connectivity index (χ1n) is 12.2. The van der Waals surface area contributed by atoms with Crippen molar-refractivity contribution in [1.29, 1.82) is 0 Å². The molecule has 0 saturated heterocycles. The molecule has 1 atom stereocenters. The number of nitrogens with zero attached hydrogens (tertiary/aromatic N) is 1. The first-order chi connectivity index (χ1) is 18.0. The summed E-state index contributed by atoms with van der Waals surface area (Å²) in [6.45, 7) is 4.52. The summed E-state index contributed by atoms with van der Waals surface area (Å²) in [7, 11) is 0. The van der Waals surface area contributed by atoms with Crippen molar-refractivity contribution in [2.45, 2.75) is 33.0 Å². The molecule has 37 heavy (non-hydrogen) atoms. The van der Waals surface area contributed by atoms with E-state index in [4.69, 9.17) is 13.6 Å². The van der Waals surface area contributed by atoms with Crippen LogP contribution in [-0.2, 0) is 13.2 Å². The van der Waals surface area contributed by atoms with Gasteiger partial charge in [-0.15, -0.1) is 0 Å². The van der Waals surface area contributed by atoms with Gasteiger partial charge in [0.2, 0.25) is 5.76 Å². The quantitative estimate of drug-likeness (QED) is 0.278. The molecule has 0 aliphatic carbocycles. The van der Waals surface area contributed by atoms with Crippen molar-refractivity contribution in [3.05, 3.63) is 135 Å². The Morgan fingerprint density at radius 3 is 2.49 bits per heavy atom. The van der Waals surface area contributed by atoms with E-state index in [0.717, 1.165) is 22.3 Å². The van der Waals surface area contributed by atoms with E-state index in [1.807, 2.05) is 86.6 Å². The Hall–Kier alpha value is -4.58. The van der Waals surface area contributed by atoms with Crippen LogP contribution >= 0.6 is 0 Å². The van der Waals surface area contributed by atoms with Crippen LogP contribution in [0.4, 0.5) is 0 Å². The van der Waals surface area contributed by atoms with Gasteiger partial charge in [0, 0.05) is 0 Å². The van der Waals surface area contributed by atoms with E-state index in [9.17, 15) is 9.59 Å². The number of carbonyl (C=O) groups excluding carboxylic acids is 1. The fourth-order valence-electron chi connectivity index (χ4n) is 4.87. The molecule has 0 spiro atoms. The second-order valence-corrected chi connectivity index (χ2v) is 9.37. The molecule has 2 aromatic heterocycles. The van der Waals surface area contributed by atoms with Gasteiger partial charge < -0.3 is 18.5 Å². The summed E-state index contributed by atoms with van der Waals surface area (Å²) in [4.78, 5) is 29.2. The molecule has 5 aromatic rings. The zero-order valence-electron chi connectivity index (χ0n) is 20.6. The molecule has 1 amide bonds. The second kappa shape index (κ2) is 9.13. The number of amides is 1. The lowest BCUT2D eigenvalue weighted by Crippen LogP contribution is -2.29. The third-order valence-corrected chi connectivity index (χ3v) is 6.91. The molecule has 0 bridgehead atoms. The molecule has 0 fully saturated rings. The SMILES string of the molecule is Cc1cc2oc3c(c(=O)c2cc1C)C(c1cccc(OCc2ccccc2)c1)N(Cc1ccco1)C3=O. The van der Waals surface area contributed by atoms with E-state index in [-0.39, 0.29) is 23.6 Å². The first kappa shape index (κ1) is 22.9. The smallest absolute Gasteiger partial charge is 0.291 e. The summed E-state index contributed by atoms with van der Waals surface area (Å²) >= 11 is 0. The molecule has 0 radical (unpaired) electrons. The van der Waals surface area contributed by atoms with Crippen LogP contribution in [0.5, 0.6) is 5.75 Å². The van der Waals surface area contributed by atoms with Crippen molar-refractivity contribution >= 4 is 16.9 Å². The maximum absolute atomic E-state index is 13.9. The molecular weight excluding hydrogens is 466 g/mol. The van der Waals surface area contributed by atoms with Crippen LogP contribution in [0, 0.1) is 13.8 Å². The lowest BCUT2D eigenvalue weighted by molar-refractivity contribution is 0.0701. The van der Waals surface area contributed by atoms with Crippen molar-refractivity contribution < 1.29 is 18.4 Å². The zero-order valence-corrected chi connectivity index (χ0v) is 20.6.